The summed E-state index contributed by atoms with van der Waals surface area (Å²) >= 11 is 0. The summed E-state index contributed by atoms with van der Waals surface area (Å²) in [5, 5.41) is 20.5. The SMILES string of the molecule is CC(NC(=O)C(CC(N)=O)NC(=O)C(Cc1ccc2ccccc2c1)NC(=O)CCC(=O)O)C(=O)NC(C(N)=O)C(C)C. The van der Waals surface area contributed by atoms with Crippen LogP contribution in [0.3, 0.4) is 0 Å². The van der Waals surface area contributed by atoms with Crippen molar-refractivity contribution in [2.24, 2.45) is 17.4 Å². The summed E-state index contributed by atoms with van der Waals surface area (Å²) in [6.07, 6.45) is -1.51. The molecule has 0 spiro atoms. The standard InChI is InChI=1S/C29H38N6O8/c1-15(2)25(26(31)40)35-27(41)16(3)32-28(42)21(14-22(30)36)34-29(43)20(33-23(37)10-11-24(38)39)13-17-8-9-18-6-4-5-7-19(18)12-17/h4-9,12,15-16,20-21,25H,10-11,13-14H2,1-3H3,(H2,30,36)(H2,31,40)(H,32,42)(H,33,37)(H,34,43)(H,35,41)(H,38,39). The molecule has 0 aliphatic heterocycles. The van der Waals surface area contributed by atoms with Gasteiger partial charge in [-0.1, -0.05) is 56.3 Å². The molecule has 0 aliphatic rings. The first-order valence-corrected chi connectivity index (χ1v) is 13.7. The van der Waals surface area contributed by atoms with Crippen LogP contribution in [0.15, 0.2) is 42.5 Å². The minimum absolute atomic E-state index is 0.0249. The molecule has 0 fully saturated rings. The number of carbonyl (C=O) groups is 7. The average molecular weight is 599 g/mol. The van der Waals surface area contributed by atoms with Crippen LogP contribution in [0.5, 0.6) is 0 Å². The largest absolute Gasteiger partial charge is 0.481 e. The Labute approximate surface area is 248 Å². The zero-order chi connectivity index (χ0) is 32.3. The summed E-state index contributed by atoms with van der Waals surface area (Å²) in [6, 6.07) is 7.95. The van der Waals surface area contributed by atoms with Crippen LogP contribution >= 0.6 is 0 Å². The minimum Gasteiger partial charge on any atom is -0.481 e. The quantitative estimate of drug-likeness (QED) is 0.129. The van der Waals surface area contributed by atoms with E-state index in [9.17, 15) is 33.6 Å². The number of fused-ring (bicyclic) bond motifs is 1. The lowest BCUT2D eigenvalue weighted by atomic mass is 10.0. The van der Waals surface area contributed by atoms with Gasteiger partial charge >= 0.3 is 5.97 Å². The summed E-state index contributed by atoms with van der Waals surface area (Å²) in [4.78, 5) is 85.8. The predicted molar refractivity (Wildman–Crippen MR) is 156 cm³/mol. The van der Waals surface area contributed by atoms with Gasteiger partial charge in [0.15, 0.2) is 0 Å². The van der Waals surface area contributed by atoms with Crippen LogP contribution in [0.1, 0.15) is 45.6 Å². The Kier molecular flexibility index (Phi) is 12.6. The summed E-state index contributed by atoms with van der Waals surface area (Å²) < 4.78 is 0. The number of aliphatic carboxylic acids is 1. The Morgan fingerprint density at radius 3 is 1.95 bits per heavy atom. The van der Waals surface area contributed by atoms with E-state index in [-0.39, 0.29) is 12.3 Å². The second kappa shape index (κ2) is 15.8. The zero-order valence-electron chi connectivity index (χ0n) is 24.2. The lowest BCUT2D eigenvalue weighted by Gasteiger charge is -2.25. The van der Waals surface area contributed by atoms with Gasteiger partial charge in [0, 0.05) is 12.8 Å². The topological polar surface area (TPSA) is 240 Å². The molecule has 43 heavy (non-hydrogen) atoms. The second-order valence-electron chi connectivity index (χ2n) is 10.5. The van der Waals surface area contributed by atoms with Crippen molar-refractivity contribution in [3.05, 3.63) is 48.0 Å². The highest BCUT2D eigenvalue weighted by atomic mass is 16.4. The summed E-state index contributed by atoms with van der Waals surface area (Å²) in [5.41, 5.74) is 11.3. The number of nitrogens with two attached hydrogens (primary N) is 2. The van der Waals surface area contributed by atoms with Gasteiger partial charge in [-0.2, -0.15) is 0 Å². The Bertz CT molecular complexity index is 1380. The molecule has 4 unspecified atom stereocenters. The normalized spacial score (nSPS) is 13.7. The zero-order valence-corrected chi connectivity index (χ0v) is 24.2. The van der Waals surface area contributed by atoms with Gasteiger partial charge in [0.1, 0.15) is 24.2 Å². The third kappa shape index (κ3) is 11.1. The number of hydrogen-bond donors (Lipinski definition) is 7. The maximum absolute atomic E-state index is 13.4. The molecule has 2 aromatic rings. The molecular weight excluding hydrogens is 560 g/mol. The van der Waals surface area contributed by atoms with Crippen LogP contribution in [0, 0.1) is 5.92 Å². The van der Waals surface area contributed by atoms with Crippen molar-refractivity contribution < 1.29 is 38.7 Å². The Balaban J connectivity index is 2.23. The molecule has 14 nitrogen and oxygen atoms in total. The van der Waals surface area contributed by atoms with E-state index in [1.165, 1.54) is 6.92 Å². The first-order valence-electron chi connectivity index (χ1n) is 13.7. The Hall–Kier alpha value is -5.01. The van der Waals surface area contributed by atoms with Crippen LogP contribution in [0.2, 0.25) is 0 Å². The summed E-state index contributed by atoms with van der Waals surface area (Å²) in [5.74, 6) is -6.41. The number of carboxylic acid groups (broad SMARTS) is 1. The van der Waals surface area contributed by atoms with Crippen molar-refractivity contribution in [3.8, 4) is 0 Å². The number of nitrogens with one attached hydrogen (secondary N) is 4. The van der Waals surface area contributed by atoms with E-state index >= 15 is 0 Å². The van der Waals surface area contributed by atoms with Crippen LogP contribution in [-0.4, -0.2) is 70.7 Å². The Morgan fingerprint density at radius 2 is 1.37 bits per heavy atom. The van der Waals surface area contributed by atoms with Crippen molar-refractivity contribution in [1.82, 2.24) is 21.3 Å². The van der Waals surface area contributed by atoms with E-state index in [1.807, 2.05) is 36.4 Å². The fourth-order valence-corrected chi connectivity index (χ4v) is 4.20. The smallest absolute Gasteiger partial charge is 0.303 e. The molecule has 0 aromatic heterocycles. The summed E-state index contributed by atoms with van der Waals surface area (Å²) in [7, 11) is 0. The molecule has 2 aromatic carbocycles. The van der Waals surface area contributed by atoms with Gasteiger partial charge in [-0.15, -0.1) is 0 Å². The first-order chi connectivity index (χ1) is 20.2. The van der Waals surface area contributed by atoms with Gasteiger partial charge in [0.05, 0.1) is 12.8 Å². The van der Waals surface area contributed by atoms with Gasteiger partial charge in [-0.25, -0.2) is 0 Å². The van der Waals surface area contributed by atoms with Crippen molar-refractivity contribution >= 4 is 52.2 Å². The third-order valence-corrected chi connectivity index (χ3v) is 6.53. The second-order valence-corrected chi connectivity index (χ2v) is 10.5. The average Bonchev–Trinajstić information content (AvgIpc) is 2.93. The van der Waals surface area contributed by atoms with E-state index in [2.05, 4.69) is 21.3 Å². The molecular formula is C29H38N6O8. The molecule has 14 heteroatoms. The number of hydrogen-bond acceptors (Lipinski definition) is 7. The molecule has 232 valence electrons. The van der Waals surface area contributed by atoms with Gasteiger partial charge in [-0.3, -0.25) is 33.6 Å². The molecule has 0 heterocycles. The molecule has 6 amide bonds. The molecule has 0 aliphatic carbocycles. The van der Waals surface area contributed by atoms with E-state index < -0.39 is 84.8 Å². The van der Waals surface area contributed by atoms with Gasteiger partial charge < -0.3 is 37.8 Å². The number of benzene rings is 2. The summed E-state index contributed by atoms with van der Waals surface area (Å²) in [6.45, 7) is 4.68. The van der Waals surface area contributed by atoms with E-state index in [4.69, 9.17) is 16.6 Å². The highest BCUT2D eigenvalue weighted by Gasteiger charge is 2.31. The van der Waals surface area contributed by atoms with Crippen LogP contribution in [0.25, 0.3) is 10.8 Å². The third-order valence-electron chi connectivity index (χ3n) is 6.53. The van der Waals surface area contributed by atoms with Gasteiger partial charge in [-0.05, 0) is 29.2 Å². The van der Waals surface area contributed by atoms with Crippen molar-refractivity contribution in [2.75, 3.05) is 0 Å². The number of carboxylic acids is 1. The van der Waals surface area contributed by atoms with E-state index in [0.29, 0.717) is 5.56 Å². The van der Waals surface area contributed by atoms with Crippen LogP contribution in [-0.2, 0) is 40.0 Å². The fraction of sp³-hybridized carbons (Fsp3) is 0.414. The lowest BCUT2D eigenvalue weighted by Crippen LogP contribution is -2.58. The van der Waals surface area contributed by atoms with Gasteiger partial charge in [0.25, 0.3) is 0 Å². The number of primary amides is 2. The first kappa shape index (κ1) is 34.2. The van der Waals surface area contributed by atoms with Crippen molar-refractivity contribution in [1.29, 1.82) is 0 Å². The lowest BCUT2D eigenvalue weighted by molar-refractivity contribution is -0.139. The molecule has 2 rings (SSSR count). The maximum atomic E-state index is 13.4. The highest BCUT2D eigenvalue weighted by Crippen LogP contribution is 2.17. The molecule has 0 bridgehead atoms. The molecule has 9 N–H and O–H groups in total. The number of rotatable bonds is 16. The number of carbonyl (C=O) groups excluding carboxylic acids is 6. The maximum Gasteiger partial charge on any atom is 0.303 e. The van der Waals surface area contributed by atoms with E-state index in [1.54, 1.807) is 19.9 Å². The molecule has 0 saturated heterocycles. The predicted octanol–water partition coefficient (Wildman–Crippen LogP) is -0.777. The monoisotopic (exact) mass is 598 g/mol. The minimum atomic E-state index is -1.52. The van der Waals surface area contributed by atoms with Crippen LogP contribution < -0.4 is 32.7 Å². The van der Waals surface area contributed by atoms with Crippen molar-refractivity contribution in [3.63, 3.8) is 0 Å². The molecule has 0 saturated carbocycles. The number of amides is 6. The van der Waals surface area contributed by atoms with E-state index in [0.717, 1.165) is 10.8 Å². The van der Waals surface area contributed by atoms with Gasteiger partial charge in [0.2, 0.25) is 35.4 Å². The molecule has 0 radical (unpaired) electrons. The fourth-order valence-electron chi connectivity index (χ4n) is 4.20. The van der Waals surface area contributed by atoms with Crippen molar-refractivity contribution in [2.45, 2.75) is 70.6 Å². The molecule has 4 atom stereocenters. The Morgan fingerprint density at radius 1 is 0.744 bits per heavy atom. The highest BCUT2D eigenvalue weighted by molar-refractivity contribution is 5.97. The van der Waals surface area contributed by atoms with Crippen LogP contribution in [0.4, 0.5) is 0 Å².